The SMILES string of the molecule is COc1cc(C(=O)NCC(c2cccs2)N(C)C)ccc1OC1CCCC1. The maximum absolute atomic E-state index is 12.6. The number of carbonyl (C=O) groups excluding carboxylic acids is 1. The highest BCUT2D eigenvalue weighted by Crippen LogP contribution is 2.32. The number of amides is 1. The lowest BCUT2D eigenvalue weighted by Gasteiger charge is -2.23. The van der Waals surface area contributed by atoms with Crippen LogP contribution in [0.3, 0.4) is 0 Å². The molecule has 27 heavy (non-hydrogen) atoms. The van der Waals surface area contributed by atoms with E-state index in [2.05, 4.69) is 21.7 Å². The van der Waals surface area contributed by atoms with Crippen molar-refractivity contribution < 1.29 is 14.3 Å². The summed E-state index contributed by atoms with van der Waals surface area (Å²) in [5.41, 5.74) is 0.578. The Hall–Kier alpha value is -2.05. The number of nitrogens with one attached hydrogen (secondary N) is 1. The molecule has 1 unspecified atom stereocenters. The molecular formula is C21H28N2O3S. The number of hydrogen-bond donors (Lipinski definition) is 1. The van der Waals surface area contributed by atoms with Gasteiger partial charge in [0.05, 0.1) is 19.3 Å². The van der Waals surface area contributed by atoms with E-state index in [1.807, 2.05) is 26.2 Å². The first kappa shape index (κ1) is 19.7. The number of carbonyl (C=O) groups is 1. The lowest BCUT2D eigenvalue weighted by molar-refractivity contribution is 0.0942. The number of benzene rings is 1. The highest BCUT2D eigenvalue weighted by atomic mass is 32.1. The standard InChI is InChI=1S/C21H28N2O3S/c1-23(2)17(20-9-6-12-27-20)14-22-21(24)15-10-11-18(19(13-15)25-3)26-16-7-4-5-8-16/h6,9-13,16-17H,4-5,7-8,14H2,1-3H3,(H,22,24). The summed E-state index contributed by atoms with van der Waals surface area (Å²) in [5, 5.41) is 5.10. The summed E-state index contributed by atoms with van der Waals surface area (Å²) in [5.74, 6) is 1.21. The number of methoxy groups -OCH3 is 1. The van der Waals surface area contributed by atoms with Gasteiger partial charge < -0.3 is 19.7 Å². The zero-order chi connectivity index (χ0) is 19.2. The zero-order valence-electron chi connectivity index (χ0n) is 16.2. The van der Waals surface area contributed by atoms with Gasteiger partial charge >= 0.3 is 0 Å². The highest BCUT2D eigenvalue weighted by Gasteiger charge is 2.20. The Balaban J connectivity index is 1.65. The van der Waals surface area contributed by atoms with E-state index in [1.54, 1.807) is 30.6 Å². The zero-order valence-corrected chi connectivity index (χ0v) is 17.1. The van der Waals surface area contributed by atoms with Crippen LogP contribution in [0.25, 0.3) is 0 Å². The molecule has 1 aliphatic rings. The minimum Gasteiger partial charge on any atom is -0.493 e. The van der Waals surface area contributed by atoms with Crippen LogP contribution in [0, 0.1) is 0 Å². The van der Waals surface area contributed by atoms with Crippen LogP contribution in [0.2, 0.25) is 0 Å². The predicted octanol–water partition coefficient (Wildman–Crippen LogP) is 4.11. The molecule has 0 saturated heterocycles. The summed E-state index contributed by atoms with van der Waals surface area (Å²) in [6.07, 6.45) is 4.85. The first-order valence-electron chi connectivity index (χ1n) is 9.41. The summed E-state index contributed by atoms with van der Waals surface area (Å²) in [4.78, 5) is 16.0. The number of hydrogen-bond acceptors (Lipinski definition) is 5. The van der Waals surface area contributed by atoms with Crippen molar-refractivity contribution in [3.8, 4) is 11.5 Å². The molecule has 146 valence electrons. The lowest BCUT2D eigenvalue weighted by atomic mass is 10.1. The van der Waals surface area contributed by atoms with Gasteiger partial charge in [-0.25, -0.2) is 0 Å². The maximum Gasteiger partial charge on any atom is 0.251 e. The summed E-state index contributed by atoms with van der Waals surface area (Å²) < 4.78 is 11.5. The number of likely N-dealkylation sites (N-methyl/N-ethyl adjacent to an activating group) is 1. The molecule has 1 aromatic heterocycles. The van der Waals surface area contributed by atoms with Crippen molar-refractivity contribution in [2.45, 2.75) is 37.8 Å². The number of rotatable bonds is 8. The fraction of sp³-hybridized carbons (Fsp3) is 0.476. The van der Waals surface area contributed by atoms with E-state index in [9.17, 15) is 4.79 Å². The van der Waals surface area contributed by atoms with Crippen molar-refractivity contribution in [3.63, 3.8) is 0 Å². The van der Waals surface area contributed by atoms with E-state index in [0.717, 1.165) is 12.8 Å². The molecule has 1 aliphatic carbocycles. The van der Waals surface area contributed by atoms with E-state index < -0.39 is 0 Å². The molecule has 5 nitrogen and oxygen atoms in total. The van der Waals surface area contributed by atoms with Gasteiger partial charge in [-0.15, -0.1) is 11.3 Å². The quantitative estimate of drug-likeness (QED) is 0.739. The first-order chi connectivity index (χ1) is 13.1. The normalized spacial score (nSPS) is 15.7. The summed E-state index contributed by atoms with van der Waals surface area (Å²) in [7, 11) is 5.65. The molecule has 6 heteroatoms. The third-order valence-corrected chi connectivity index (χ3v) is 5.95. The van der Waals surface area contributed by atoms with Crippen molar-refractivity contribution in [1.29, 1.82) is 0 Å². The fourth-order valence-corrected chi connectivity index (χ4v) is 4.32. The molecular weight excluding hydrogens is 360 g/mol. The molecule has 0 radical (unpaired) electrons. The van der Waals surface area contributed by atoms with E-state index >= 15 is 0 Å². The molecule has 0 aliphatic heterocycles. The Labute approximate surface area is 165 Å². The molecule has 1 amide bonds. The van der Waals surface area contributed by atoms with Crippen molar-refractivity contribution >= 4 is 17.2 Å². The monoisotopic (exact) mass is 388 g/mol. The molecule has 1 N–H and O–H groups in total. The molecule has 1 fully saturated rings. The van der Waals surface area contributed by atoms with Crippen molar-refractivity contribution in [2.75, 3.05) is 27.7 Å². The fourth-order valence-electron chi connectivity index (χ4n) is 3.40. The van der Waals surface area contributed by atoms with Crippen molar-refractivity contribution in [1.82, 2.24) is 10.2 Å². The van der Waals surface area contributed by atoms with Crippen LogP contribution < -0.4 is 14.8 Å². The molecule has 1 heterocycles. The average molecular weight is 389 g/mol. The van der Waals surface area contributed by atoms with Gasteiger partial charge in [-0.3, -0.25) is 4.79 Å². The molecule has 2 aromatic rings. The van der Waals surface area contributed by atoms with Crippen LogP contribution in [0.5, 0.6) is 11.5 Å². The Morgan fingerprint density at radius 2 is 2.04 bits per heavy atom. The Kier molecular flexibility index (Phi) is 6.74. The van der Waals surface area contributed by atoms with Crippen LogP contribution in [0.4, 0.5) is 0 Å². The Bertz CT molecular complexity index is 740. The van der Waals surface area contributed by atoms with Crippen molar-refractivity contribution in [3.05, 3.63) is 46.2 Å². The Morgan fingerprint density at radius 1 is 1.26 bits per heavy atom. The van der Waals surface area contributed by atoms with Crippen molar-refractivity contribution in [2.24, 2.45) is 0 Å². The number of ether oxygens (including phenoxy) is 2. The van der Waals surface area contributed by atoms with Gasteiger partial charge in [-0.1, -0.05) is 6.07 Å². The molecule has 0 bridgehead atoms. The van der Waals surface area contributed by atoms with E-state index in [0.29, 0.717) is 23.6 Å². The summed E-state index contributed by atoms with van der Waals surface area (Å²) >= 11 is 1.70. The molecule has 1 aromatic carbocycles. The largest absolute Gasteiger partial charge is 0.493 e. The minimum atomic E-state index is -0.107. The Morgan fingerprint density at radius 3 is 2.67 bits per heavy atom. The van der Waals surface area contributed by atoms with Gasteiger partial charge in [-0.2, -0.15) is 0 Å². The van der Waals surface area contributed by atoms with Crippen LogP contribution in [-0.4, -0.2) is 44.7 Å². The second kappa shape index (κ2) is 9.24. The van der Waals surface area contributed by atoms with E-state index in [4.69, 9.17) is 9.47 Å². The number of nitrogens with zero attached hydrogens (tertiary/aromatic N) is 1. The minimum absolute atomic E-state index is 0.107. The predicted molar refractivity (Wildman–Crippen MR) is 109 cm³/mol. The van der Waals surface area contributed by atoms with Gasteiger partial charge in [0.25, 0.3) is 5.91 Å². The van der Waals surface area contributed by atoms with Gasteiger partial charge in [0.1, 0.15) is 0 Å². The third-order valence-electron chi connectivity index (χ3n) is 4.97. The van der Waals surface area contributed by atoms with Gasteiger partial charge in [-0.05, 0) is 69.4 Å². The van der Waals surface area contributed by atoms with Gasteiger partial charge in [0.2, 0.25) is 0 Å². The highest BCUT2D eigenvalue weighted by molar-refractivity contribution is 7.10. The second-order valence-electron chi connectivity index (χ2n) is 7.09. The van der Waals surface area contributed by atoms with Crippen LogP contribution in [0.15, 0.2) is 35.7 Å². The lowest BCUT2D eigenvalue weighted by Crippen LogP contribution is -2.34. The van der Waals surface area contributed by atoms with Crippen LogP contribution >= 0.6 is 11.3 Å². The molecule has 1 atom stereocenters. The smallest absolute Gasteiger partial charge is 0.251 e. The summed E-state index contributed by atoms with van der Waals surface area (Å²) in [6.45, 7) is 0.551. The molecule has 1 saturated carbocycles. The summed E-state index contributed by atoms with van der Waals surface area (Å²) in [6, 6.07) is 9.69. The van der Waals surface area contributed by atoms with Crippen LogP contribution in [0.1, 0.15) is 47.0 Å². The number of thiophene rings is 1. The van der Waals surface area contributed by atoms with Gasteiger partial charge in [0.15, 0.2) is 11.5 Å². The second-order valence-corrected chi connectivity index (χ2v) is 8.07. The van der Waals surface area contributed by atoms with E-state index in [-0.39, 0.29) is 18.1 Å². The average Bonchev–Trinajstić information content (AvgIpc) is 3.36. The molecule has 0 spiro atoms. The van der Waals surface area contributed by atoms with E-state index in [1.165, 1.54) is 17.7 Å². The van der Waals surface area contributed by atoms with Crippen LogP contribution in [-0.2, 0) is 0 Å². The van der Waals surface area contributed by atoms with Gasteiger partial charge in [0, 0.05) is 17.0 Å². The first-order valence-corrected chi connectivity index (χ1v) is 10.3. The maximum atomic E-state index is 12.6. The third kappa shape index (κ3) is 5.02. The topological polar surface area (TPSA) is 50.8 Å². The molecule has 3 rings (SSSR count).